The molecule has 0 fully saturated rings. The third-order valence-electron chi connectivity index (χ3n) is 2.98. The van der Waals surface area contributed by atoms with Crippen molar-refractivity contribution in [3.05, 3.63) is 48.4 Å². The predicted octanol–water partition coefficient (Wildman–Crippen LogP) is 2.08. The molecule has 2 aromatic rings. The topological polar surface area (TPSA) is 83.4 Å². The van der Waals surface area contributed by atoms with E-state index >= 15 is 0 Å². The van der Waals surface area contributed by atoms with Gasteiger partial charge in [-0.3, -0.25) is 9.59 Å². The number of carbonyl (C=O) groups excluding carboxylic acids is 2. The molecule has 1 unspecified atom stereocenters. The summed E-state index contributed by atoms with van der Waals surface area (Å²) in [4.78, 5) is 23.5. The molecule has 6 heteroatoms. The Bertz CT molecular complexity index is 606. The van der Waals surface area contributed by atoms with E-state index < -0.39 is 0 Å². The fraction of sp³-hybridized carbons (Fsp3) is 0.200. The quantitative estimate of drug-likeness (QED) is 0.786. The van der Waals surface area contributed by atoms with E-state index in [1.165, 1.54) is 6.26 Å². The Hall–Kier alpha value is -2.60. The molecule has 0 aliphatic heterocycles. The number of carbonyl (C=O) groups is 2. The minimum atomic E-state index is -0.319. The maximum Gasteiger partial charge on any atom is 0.291 e. The highest BCUT2D eigenvalue weighted by Crippen LogP contribution is 2.15. The fourth-order valence-electron chi connectivity index (χ4n) is 1.62. The Labute approximate surface area is 122 Å². The average Bonchev–Trinajstić information content (AvgIpc) is 3.02. The van der Waals surface area contributed by atoms with Crippen LogP contribution in [0.15, 0.2) is 47.1 Å². The van der Waals surface area contributed by atoms with Crippen LogP contribution in [0.4, 0.5) is 11.4 Å². The molecule has 0 aliphatic rings. The lowest BCUT2D eigenvalue weighted by Gasteiger charge is -2.11. The second-order valence-electron chi connectivity index (χ2n) is 4.51. The summed E-state index contributed by atoms with van der Waals surface area (Å²) in [6.45, 7) is 1.77. The summed E-state index contributed by atoms with van der Waals surface area (Å²) in [6.07, 6.45) is 1.44. The third-order valence-corrected chi connectivity index (χ3v) is 2.98. The van der Waals surface area contributed by atoms with Crippen molar-refractivity contribution in [1.82, 2.24) is 5.32 Å². The molecule has 1 heterocycles. The van der Waals surface area contributed by atoms with Crippen LogP contribution in [0.25, 0.3) is 0 Å². The van der Waals surface area contributed by atoms with Gasteiger partial charge in [-0.1, -0.05) is 0 Å². The van der Waals surface area contributed by atoms with Crippen LogP contribution in [-0.2, 0) is 4.79 Å². The number of rotatable bonds is 5. The van der Waals surface area contributed by atoms with Gasteiger partial charge < -0.3 is 20.4 Å². The summed E-state index contributed by atoms with van der Waals surface area (Å²) < 4.78 is 5.01. The molecular formula is C15H17N3O3. The number of amides is 2. The molecule has 1 aromatic carbocycles. The lowest BCUT2D eigenvalue weighted by Crippen LogP contribution is -2.35. The average molecular weight is 287 g/mol. The summed E-state index contributed by atoms with van der Waals surface area (Å²) in [7, 11) is 1.72. The Morgan fingerprint density at radius 1 is 1.05 bits per heavy atom. The molecule has 3 N–H and O–H groups in total. The second-order valence-corrected chi connectivity index (χ2v) is 4.51. The van der Waals surface area contributed by atoms with E-state index in [9.17, 15) is 9.59 Å². The van der Waals surface area contributed by atoms with Crippen molar-refractivity contribution < 1.29 is 14.0 Å². The van der Waals surface area contributed by atoms with Crippen LogP contribution in [0.2, 0.25) is 0 Å². The van der Waals surface area contributed by atoms with Crippen molar-refractivity contribution >= 4 is 23.2 Å². The van der Waals surface area contributed by atoms with Gasteiger partial charge >= 0.3 is 0 Å². The second kappa shape index (κ2) is 6.71. The zero-order valence-electron chi connectivity index (χ0n) is 11.8. The first-order valence-electron chi connectivity index (χ1n) is 6.53. The van der Waals surface area contributed by atoms with E-state index in [1.54, 1.807) is 50.4 Å². The molecule has 0 radical (unpaired) electrons. The monoisotopic (exact) mass is 287 g/mol. The van der Waals surface area contributed by atoms with Gasteiger partial charge in [0.1, 0.15) is 0 Å². The van der Waals surface area contributed by atoms with Gasteiger partial charge in [-0.15, -0.1) is 0 Å². The van der Waals surface area contributed by atoms with Gasteiger partial charge in [-0.2, -0.15) is 0 Å². The lowest BCUT2D eigenvalue weighted by molar-refractivity contribution is -0.117. The van der Waals surface area contributed by atoms with Crippen LogP contribution in [0.1, 0.15) is 17.5 Å². The van der Waals surface area contributed by atoms with Gasteiger partial charge in [0.25, 0.3) is 5.91 Å². The Morgan fingerprint density at radius 2 is 1.67 bits per heavy atom. The van der Waals surface area contributed by atoms with Crippen LogP contribution in [0.3, 0.4) is 0 Å². The van der Waals surface area contributed by atoms with Gasteiger partial charge in [-0.05, 0) is 50.4 Å². The molecular weight excluding hydrogens is 270 g/mol. The highest BCUT2D eigenvalue weighted by Gasteiger charge is 2.11. The molecule has 1 aromatic heterocycles. The number of likely N-dealkylation sites (N-methyl/N-ethyl adjacent to an activating group) is 1. The van der Waals surface area contributed by atoms with E-state index in [2.05, 4.69) is 16.0 Å². The first-order chi connectivity index (χ1) is 10.1. The van der Waals surface area contributed by atoms with Crippen molar-refractivity contribution in [3.8, 4) is 0 Å². The molecule has 21 heavy (non-hydrogen) atoms. The van der Waals surface area contributed by atoms with E-state index in [4.69, 9.17) is 4.42 Å². The first-order valence-corrected chi connectivity index (χ1v) is 6.53. The Morgan fingerprint density at radius 3 is 2.19 bits per heavy atom. The molecule has 0 saturated carbocycles. The lowest BCUT2D eigenvalue weighted by atomic mass is 10.2. The summed E-state index contributed by atoms with van der Waals surface area (Å²) in [5.41, 5.74) is 1.29. The van der Waals surface area contributed by atoms with Crippen molar-refractivity contribution in [2.45, 2.75) is 13.0 Å². The fourth-order valence-corrected chi connectivity index (χ4v) is 1.62. The van der Waals surface area contributed by atoms with Gasteiger partial charge in [0, 0.05) is 11.4 Å². The highest BCUT2D eigenvalue weighted by molar-refractivity contribution is 6.02. The number of nitrogens with one attached hydrogen (secondary N) is 3. The number of hydrogen-bond donors (Lipinski definition) is 3. The smallest absolute Gasteiger partial charge is 0.291 e. The molecule has 0 saturated heterocycles. The number of benzene rings is 1. The maximum absolute atomic E-state index is 11.8. The van der Waals surface area contributed by atoms with Gasteiger partial charge in [0.15, 0.2) is 5.76 Å². The van der Waals surface area contributed by atoms with Crippen LogP contribution < -0.4 is 16.0 Å². The normalized spacial score (nSPS) is 11.7. The molecule has 2 amide bonds. The molecule has 0 spiro atoms. The van der Waals surface area contributed by atoms with Crippen molar-refractivity contribution in [1.29, 1.82) is 0 Å². The summed E-state index contributed by atoms with van der Waals surface area (Å²) in [5, 5.41) is 8.33. The summed E-state index contributed by atoms with van der Waals surface area (Å²) >= 11 is 0. The van der Waals surface area contributed by atoms with Crippen LogP contribution in [-0.4, -0.2) is 24.9 Å². The van der Waals surface area contributed by atoms with Gasteiger partial charge in [0.2, 0.25) is 5.91 Å². The number of hydrogen-bond acceptors (Lipinski definition) is 4. The molecule has 110 valence electrons. The van der Waals surface area contributed by atoms with Crippen molar-refractivity contribution in [3.63, 3.8) is 0 Å². The summed E-state index contributed by atoms with van der Waals surface area (Å²) in [5.74, 6) is -0.194. The SMILES string of the molecule is CNC(C)C(=O)Nc1ccc(NC(=O)c2ccco2)cc1. The molecule has 0 bridgehead atoms. The van der Waals surface area contributed by atoms with Crippen LogP contribution in [0.5, 0.6) is 0 Å². The highest BCUT2D eigenvalue weighted by atomic mass is 16.3. The largest absolute Gasteiger partial charge is 0.459 e. The standard InChI is InChI=1S/C15H17N3O3/c1-10(16-2)14(19)17-11-5-7-12(8-6-11)18-15(20)13-4-3-9-21-13/h3-10,16H,1-2H3,(H,17,19)(H,18,20). The minimum absolute atomic E-state index is 0.120. The maximum atomic E-state index is 11.8. The van der Waals surface area contributed by atoms with Crippen molar-refractivity contribution in [2.75, 3.05) is 17.7 Å². The van der Waals surface area contributed by atoms with E-state index in [0.29, 0.717) is 11.4 Å². The molecule has 1 atom stereocenters. The zero-order chi connectivity index (χ0) is 15.2. The minimum Gasteiger partial charge on any atom is -0.459 e. The molecule has 6 nitrogen and oxygen atoms in total. The predicted molar refractivity (Wildman–Crippen MR) is 80.3 cm³/mol. The van der Waals surface area contributed by atoms with E-state index in [1.807, 2.05) is 0 Å². The zero-order valence-corrected chi connectivity index (χ0v) is 11.8. The molecule has 0 aliphatic carbocycles. The van der Waals surface area contributed by atoms with Crippen LogP contribution >= 0.6 is 0 Å². The first kappa shape index (κ1) is 14.8. The Balaban J connectivity index is 1.96. The Kier molecular flexibility index (Phi) is 4.73. The van der Waals surface area contributed by atoms with E-state index in [-0.39, 0.29) is 23.6 Å². The van der Waals surface area contributed by atoms with E-state index in [0.717, 1.165) is 0 Å². The molecule has 2 rings (SSSR count). The van der Waals surface area contributed by atoms with Gasteiger partial charge in [0.05, 0.1) is 12.3 Å². The number of anilines is 2. The summed E-state index contributed by atoms with van der Waals surface area (Å²) in [6, 6.07) is 9.82. The number of furan rings is 1. The van der Waals surface area contributed by atoms with Gasteiger partial charge in [-0.25, -0.2) is 0 Å². The van der Waals surface area contributed by atoms with Crippen molar-refractivity contribution in [2.24, 2.45) is 0 Å². The van der Waals surface area contributed by atoms with Crippen LogP contribution in [0, 0.1) is 0 Å². The third kappa shape index (κ3) is 3.93.